The number of anilines is 1. The lowest BCUT2D eigenvalue weighted by molar-refractivity contribution is -0.114. The van der Waals surface area contributed by atoms with Gasteiger partial charge in [0.25, 0.3) is 0 Å². The van der Waals surface area contributed by atoms with Crippen LogP contribution in [-0.2, 0) is 4.79 Å². The predicted octanol–water partition coefficient (Wildman–Crippen LogP) is 3.11. The molecule has 16 heavy (non-hydrogen) atoms. The third-order valence-electron chi connectivity index (χ3n) is 2.22. The monoisotopic (exact) mass is 210 g/mol. The van der Waals surface area contributed by atoms with Crippen LogP contribution in [0.3, 0.4) is 0 Å². The Balaban J connectivity index is 2.33. The van der Waals surface area contributed by atoms with Gasteiger partial charge in [0.2, 0.25) is 5.91 Å². The molecule has 2 rings (SSSR count). The highest BCUT2D eigenvalue weighted by atomic mass is 16.1. The van der Waals surface area contributed by atoms with Crippen LogP contribution in [-0.4, -0.2) is 5.91 Å². The average Bonchev–Trinajstić information content (AvgIpc) is 2.30. The van der Waals surface area contributed by atoms with Crippen molar-refractivity contribution in [1.82, 2.24) is 0 Å². The van der Waals surface area contributed by atoms with E-state index in [1.807, 2.05) is 42.5 Å². The van der Waals surface area contributed by atoms with Crippen LogP contribution in [0.15, 0.2) is 48.5 Å². The SMILES string of the molecule is CC(=O)Nc1c[c]cc(-c2ccccc2)c1. The summed E-state index contributed by atoms with van der Waals surface area (Å²) >= 11 is 0. The van der Waals surface area contributed by atoms with Gasteiger partial charge < -0.3 is 5.32 Å². The van der Waals surface area contributed by atoms with E-state index in [-0.39, 0.29) is 5.91 Å². The molecular weight excluding hydrogens is 198 g/mol. The van der Waals surface area contributed by atoms with Gasteiger partial charge in [-0.05, 0) is 35.4 Å². The van der Waals surface area contributed by atoms with E-state index < -0.39 is 0 Å². The molecule has 0 heterocycles. The molecule has 79 valence electrons. The van der Waals surface area contributed by atoms with Crippen molar-refractivity contribution in [2.24, 2.45) is 0 Å². The molecule has 2 aromatic carbocycles. The molecule has 0 aliphatic heterocycles. The lowest BCUT2D eigenvalue weighted by Crippen LogP contribution is -2.05. The smallest absolute Gasteiger partial charge is 0.221 e. The normalized spacial score (nSPS) is 9.81. The lowest BCUT2D eigenvalue weighted by Gasteiger charge is -2.05. The summed E-state index contributed by atoms with van der Waals surface area (Å²) in [6, 6.07) is 18.6. The van der Waals surface area contributed by atoms with Crippen molar-refractivity contribution in [2.75, 3.05) is 5.32 Å². The largest absolute Gasteiger partial charge is 0.326 e. The fourth-order valence-electron chi connectivity index (χ4n) is 1.54. The van der Waals surface area contributed by atoms with Crippen molar-refractivity contribution in [3.63, 3.8) is 0 Å². The van der Waals surface area contributed by atoms with Crippen LogP contribution in [0.5, 0.6) is 0 Å². The van der Waals surface area contributed by atoms with Gasteiger partial charge in [0.05, 0.1) is 0 Å². The summed E-state index contributed by atoms with van der Waals surface area (Å²) in [5.74, 6) is -0.0707. The summed E-state index contributed by atoms with van der Waals surface area (Å²) in [7, 11) is 0. The Morgan fingerprint density at radius 2 is 1.88 bits per heavy atom. The Morgan fingerprint density at radius 3 is 2.56 bits per heavy atom. The number of benzene rings is 2. The van der Waals surface area contributed by atoms with Crippen molar-refractivity contribution in [3.05, 3.63) is 54.6 Å². The first-order valence-electron chi connectivity index (χ1n) is 5.10. The van der Waals surface area contributed by atoms with Crippen LogP contribution in [0.4, 0.5) is 5.69 Å². The van der Waals surface area contributed by atoms with E-state index in [0.29, 0.717) is 0 Å². The van der Waals surface area contributed by atoms with Crippen LogP contribution in [0.1, 0.15) is 6.92 Å². The second kappa shape index (κ2) is 4.62. The second-order valence-corrected chi connectivity index (χ2v) is 3.56. The minimum atomic E-state index is -0.0707. The highest BCUT2D eigenvalue weighted by Gasteiger charge is 1.99. The molecule has 0 spiro atoms. The average molecular weight is 210 g/mol. The van der Waals surface area contributed by atoms with Crippen LogP contribution in [0.25, 0.3) is 11.1 Å². The summed E-state index contributed by atoms with van der Waals surface area (Å²) in [5.41, 5.74) is 2.94. The van der Waals surface area contributed by atoms with E-state index in [9.17, 15) is 4.79 Å². The van der Waals surface area contributed by atoms with Crippen LogP contribution in [0, 0.1) is 6.07 Å². The number of carbonyl (C=O) groups excluding carboxylic acids is 1. The lowest BCUT2D eigenvalue weighted by atomic mass is 10.1. The van der Waals surface area contributed by atoms with Gasteiger partial charge in [-0.25, -0.2) is 0 Å². The molecule has 0 unspecified atom stereocenters. The summed E-state index contributed by atoms with van der Waals surface area (Å²) in [5, 5.41) is 2.74. The van der Waals surface area contributed by atoms with Gasteiger partial charge in [0.15, 0.2) is 0 Å². The molecule has 0 aliphatic rings. The summed E-state index contributed by atoms with van der Waals surface area (Å²) in [6.07, 6.45) is 0. The van der Waals surface area contributed by atoms with E-state index >= 15 is 0 Å². The molecule has 2 nitrogen and oxygen atoms in total. The van der Waals surface area contributed by atoms with Crippen molar-refractivity contribution < 1.29 is 4.79 Å². The Hall–Kier alpha value is -2.09. The maximum atomic E-state index is 10.9. The van der Waals surface area contributed by atoms with E-state index in [0.717, 1.165) is 16.8 Å². The molecule has 2 aromatic rings. The maximum Gasteiger partial charge on any atom is 0.221 e. The molecule has 1 amide bonds. The Bertz CT molecular complexity index is 491. The number of carbonyl (C=O) groups is 1. The topological polar surface area (TPSA) is 29.1 Å². The van der Waals surface area contributed by atoms with Gasteiger partial charge in [-0.15, -0.1) is 0 Å². The molecule has 0 saturated carbocycles. The molecule has 0 aliphatic carbocycles. The quantitative estimate of drug-likeness (QED) is 0.810. The minimum absolute atomic E-state index is 0.0707. The zero-order valence-corrected chi connectivity index (χ0v) is 9.03. The van der Waals surface area contributed by atoms with Crippen LogP contribution < -0.4 is 5.32 Å². The van der Waals surface area contributed by atoms with Crippen molar-refractivity contribution in [3.8, 4) is 11.1 Å². The number of hydrogen-bond donors (Lipinski definition) is 1. The van der Waals surface area contributed by atoms with Gasteiger partial charge in [-0.2, -0.15) is 0 Å². The third kappa shape index (κ3) is 2.48. The standard InChI is InChI=1S/C14H12NO/c1-11(16)15-14-9-5-8-13(10-14)12-6-3-2-4-7-12/h2-4,6-10H,1H3,(H,15,16). The second-order valence-electron chi connectivity index (χ2n) is 3.56. The zero-order valence-electron chi connectivity index (χ0n) is 9.03. The zero-order chi connectivity index (χ0) is 11.4. The van der Waals surface area contributed by atoms with Gasteiger partial charge >= 0.3 is 0 Å². The highest BCUT2D eigenvalue weighted by Crippen LogP contribution is 2.21. The molecule has 0 atom stereocenters. The van der Waals surface area contributed by atoms with Crippen molar-refractivity contribution >= 4 is 11.6 Å². The fourth-order valence-corrected chi connectivity index (χ4v) is 1.54. The van der Waals surface area contributed by atoms with E-state index in [1.54, 1.807) is 6.07 Å². The summed E-state index contributed by atoms with van der Waals surface area (Å²) < 4.78 is 0. The van der Waals surface area contributed by atoms with Crippen LogP contribution >= 0.6 is 0 Å². The molecule has 0 saturated heterocycles. The van der Waals surface area contributed by atoms with Gasteiger partial charge in [-0.3, -0.25) is 4.79 Å². The number of hydrogen-bond acceptors (Lipinski definition) is 1. The van der Waals surface area contributed by atoms with E-state index in [1.165, 1.54) is 6.92 Å². The van der Waals surface area contributed by atoms with Crippen molar-refractivity contribution in [1.29, 1.82) is 0 Å². The Labute approximate surface area is 94.9 Å². The molecule has 1 radical (unpaired) electrons. The first-order valence-corrected chi connectivity index (χ1v) is 5.10. The molecule has 0 fully saturated rings. The van der Waals surface area contributed by atoms with Crippen LogP contribution in [0.2, 0.25) is 0 Å². The fraction of sp³-hybridized carbons (Fsp3) is 0.0714. The minimum Gasteiger partial charge on any atom is -0.326 e. The summed E-state index contributed by atoms with van der Waals surface area (Å²) in [6.45, 7) is 1.50. The number of amides is 1. The molecule has 1 N–H and O–H groups in total. The molecule has 0 bridgehead atoms. The van der Waals surface area contributed by atoms with E-state index in [2.05, 4.69) is 11.4 Å². The molecule has 2 heteroatoms. The third-order valence-corrected chi connectivity index (χ3v) is 2.22. The summed E-state index contributed by atoms with van der Waals surface area (Å²) in [4.78, 5) is 10.9. The van der Waals surface area contributed by atoms with Gasteiger partial charge in [0.1, 0.15) is 0 Å². The molecule has 0 aromatic heterocycles. The first kappa shape index (κ1) is 10.4. The predicted molar refractivity (Wildman–Crippen MR) is 65.0 cm³/mol. The van der Waals surface area contributed by atoms with Crippen molar-refractivity contribution in [2.45, 2.75) is 6.92 Å². The number of nitrogens with one attached hydrogen (secondary N) is 1. The maximum absolute atomic E-state index is 10.9. The molecular formula is C14H12NO. The van der Waals surface area contributed by atoms with E-state index in [4.69, 9.17) is 0 Å². The Morgan fingerprint density at radius 1 is 1.12 bits per heavy atom. The first-order chi connectivity index (χ1) is 7.75. The van der Waals surface area contributed by atoms with Gasteiger partial charge in [0, 0.05) is 12.6 Å². The highest BCUT2D eigenvalue weighted by molar-refractivity contribution is 5.89. The Kier molecular flexibility index (Phi) is 3.01. The number of rotatable bonds is 2. The van der Waals surface area contributed by atoms with Gasteiger partial charge in [-0.1, -0.05) is 30.3 Å².